The van der Waals surface area contributed by atoms with Crippen molar-refractivity contribution in [2.24, 2.45) is 5.92 Å². The van der Waals surface area contributed by atoms with Crippen LogP contribution >= 0.6 is 11.6 Å². The SMILES string of the molecule is CCC(CC)C(NCc1ccc(Cl)cc1)c1ccccc1. The molecule has 2 rings (SSSR count). The monoisotopic (exact) mass is 301 g/mol. The lowest BCUT2D eigenvalue weighted by Gasteiger charge is -2.27. The van der Waals surface area contributed by atoms with E-state index in [4.69, 9.17) is 11.6 Å². The molecule has 0 radical (unpaired) electrons. The molecule has 0 aliphatic carbocycles. The maximum Gasteiger partial charge on any atom is 0.0406 e. The summed E-state index contributed by atoms with van der Waals surface area (Å²) >= 11 is 5.95. The van der Waals surface area contributed by atoms with Crippen LogP contribution in [0.25, 0.3) is 0 Å². The molecule has 2 aromatic rings. The highest BCUT2D eigenvalue weighted by Crippen LogP contribution is 2.27. The molecule has 1 nitrogen and oxygen atoms in total. The molecule has 0 aliphatic heterocycles. The maximum atomic E-state index is 5.95. The van der Waals surface area contributed by atoms with Gasteiger partial charge in [0.25, 0.3) is 0 Å². The van der Waals surface area contributed by atoms with Crippen molar-refractivity contribution in [3.8, 4) is 0 Å². The van der Waals surface area contributed by atoms with Gasteiger partial charge in [0.2, 0.25) is 0 Å². The zero-order chi connectivity index (χ0) is 15.1. The van der Waals surface area contributed by atoms with Gasteiger partial charge in [-0.15, -0.1) is 0 Å². The Labute approximate surface area is 133 Å². The van der Waals surface area contributed by atoms with Gasteiger partial charge in [0.15, 0.2) is 0 Å². The summed E-state index contributed by atoms with van der Waals surface area (Å²) in [5.74, 6) is 0.653. The molecule has 2 aromatic carbocycles. The van der Waals surface area contributed by atoms with E-state index < -0.39 is 0 Å². The summed E-state index contributed by atoms with van der Waals surface area (Å²) in [7, 11) is 0. The zero-order valence-corrected chi connectivity index (χ0v) is 13.6. The first-order valence-corrected chi connectivity index (χ1v) is 8.15. The molecule has 0 aromatic heterocycles. The van der Waals surface area contributed by atoms with Crippen molar-refractivity contribution in [2.75, 3.05) is 0 Å². The summed E-state index contributed by atoms with van der Waals surface area (Å²) in [6.07, 6.45) is 2.37. The van der Waals surface area contributed by atoms with Crippen LogP contribution < -0.4 is 5.32 Å². The smallest absolute Gasteiger partial charge is 0.0406 e. The van der Waals surface area contributed by atoms with Gasteiger partial charge in [-0.05, 0) is 29.2 Å². The third-order valence-electron chi connectivity index (χ3n) is 4.12. The van der Waals surface area contributed by atoms with Crippen LogP contribution in [0.15, 0.2) is 54.6 Å². The second-order valence-corrected chi connectivity index (χ2v) is 5.91. The van der Waals surface area contributed by atoms with E-state index in [2.05, 4.69) is 61.6 Å². The quantitative estimate of drug-likeness (QED) is 0.701. The summed E-state index contributed by atoms with van der Waals surface area (Å²) in [5, 5.41) is 4.52. The molecule has 0 heterocycles. The zero-order valence-electron chi connectivity index (χ0n) is 12.9. The van der Waals surface area contributed by atoms with Crippen molar-refractivity contribution in [2.45, 2.75) is 39.3 Å². The molecule has 1 unspecified atom stereocenters. The van der Waals surface area contributed by atoms with E-state index in [1.165, 1.54) is 24.0 Å². The van der Waals surface area contributed by atoms with Gasteiger partial charge in [-0.2, -0.15) is 0 Å². The molecule has 21 heavy (non-hydrogen) atoms. The van der Waals surface area contributed by atoms with E-state index in [1.54, 1.807) is 0 Å². The number of hydrogen-bond donors (Lipinski definition) is 1. The molecule has 0 spiro atoms. The highest BCUT2D eigenvalue weighted by atomic mass is 35.5. The van der Waals surface area contributed by atoms with Crippen molar-refractivity contribution in [1.82, 2.24) is 5.32 Å². The van der Waals surface area contributed by atoms with E-state index >= 15 is 0 Å². The first-order valence-electron chi connectivity index (χ1n) is 7.77. The van der Waals surface area contributed by atoms with E-state index in [1.807, 2.05) is 12.1 Å². The minimum atomic E-state index is 0.400. The van der Waals surface area contributed by atoms with Crippen molar-refractivity contribution in [3.05, 3.63) is 70.7 Å². The first-order chi connectivity index (χ1) is 10.2. The second-order valence-electron chi connectivity index (χ2n) is 5.47. The van der Waals surface area contributed by atoms with Gasteiger partial charge in [-0.25, -0.2) is 0 Å². The first kappa shape index (κ1) is 16.1. The Bertz CT molecular complexity index is 517. The summed E-state index contributed by atoms with van der Waals surface area (Å²) in [5.41, 5.74) is 2.64. The van der Waals surface area contributed by atoms with Gasteiger partial charge in [0.05, 0.1) is 0 Å². The van der Waals surface area contributed by atoms with Crippen molar-refractivity contribution >= 4 is 11.6 Å². The molecule has 0 amide bonds. The Balaban J connectivity index is 2.10. The Morgan fingerprint density at radius 3 is 2.10 bits per heavy atom. The highest BCUT2D eigenvalue weighted by molar-refractivity contribution is 6.30. The Kier molecular flexibility index (Phi) is 6.28. The average Bonchev–Trinajstić information content (AvgIpc) is 2.54. The Morgan fingerprint density at radius 1 is 0.905 bits per heavy atom. The topological polar surface area (TPSA) is 12.0 Å². The fraction of sp³-hybridized carbons (Fsp3) is 0.368. The predicted octanol–water partition coefficient (Wildman–Crippen LogP) is 5.61. The second kappa shape index (κ2) is 8.21. The molecule has 0 saturated heterocycles. The molecule has 0 aliphatic rings. The summed E-state index contributed by atoms with van der Waals surface area (Å²) in [6.45, 7) is 5.41. The average molecular weight is 302 g/mol. The molecule has 0 bridgehead atoms. The van der Waals surface area contributed by atoms with Crippen molar-refractivity contribution < 1.29 is 0 Å². The minimum absolute atomic E-state index is 0.400. The van der Waals surface area contributed by atoms with Crippen LogP contribution in [0.2, 0.25) is 5.02 Å². The van der Waals surface area contributed by atoms with Gasteiger partial charge in [0, 0.05) is 17.6 Å². The highest BCUT2D eigenvalue weighted by Gasteiger charge is 2.19. The van der Waals surface area contributed by atoms with Crippen molar-refractivity contribution in [1.29, 1.82) is 0 Å². The van der Waals surface area contributed by atoms with Crippen LogP contribution in [0.4, 0.5) is 0 Å². The lowest BCUT2D eigenvalue weighted by molar-refractivity contribution is 0.339. The van der Waals surface area contributed by atoms with E-state index in [9.17, 15) is 0 Å². The van der Waals surface area contributed by atoms with Crippen LogP contribution in [-0.4, -0.2) is 0 Å². The Morgan fingerprint density at radius 2 is 1.52 bits per heavy atom. The van der Waals surface area contributed by atoms with Crippen molar-refractivity contribution in [3.63, 3.8) is 0 Å². The molecule has 112 valence electrons. The standard InChI is InChI=1S/C19H24ClN/c1-3-16(4-2)19(17-8-6-5-7-9-17)21-14-15-10-12-18(20)13-11-15/h5-13,16,19,21H,3-4,14H2,1-2H3. The number of benzene rings is 2. The van der Waals surface area contributed by atoms with E-state index in [0.717, 1.165) is 11.6 Å². The summed E-state index contributed by atoms with van der Waals surface area (Å²) in [4.78, 5) is 0. The fourth-order valence-corrected chi connectivity index (χ4v) is 2.93. The lowest BCUT2D eigenvalue weighted by atomic mass is 9.88. The maximum absolute atomic E-state index is 5.95. The van der Waals surface area contributed by atoms with Crippen LogP contribution in [0.3, 0.4) is 0 Å². The largest absolute Gasteiger partial charge is 0.306 e. The normalized spacial score (nSPS) is 12.6. The molecular formula is C19H24ClN. The predicted molar refractivity (Wildman–Crippen MR) is 91.5 cm³/mol. The summed E-state index contributed by atoms with van der Waals surface area (Å²) in [6, 6.07) is 19.2. The Hall–Kier alpha value is -1.31. The molecular weight excluding hydrogens is 278 g/mol. The minimum Gasteiger partial charge on any atom is -0.306 e. The van der Waals surface area contributed by atoms with Crippen LogP contribution in [0.5, 0.6) is 0 Å². The lowest BCUT2D eigenvalue weighted by Crippen LogP contribution is -2.27. The molecule has 1 N–H and O–H groups in total. The van der Waals surface area contributed by atoms with Gasteiger partial charge in [-0.3, -0.25) is 0 Å². The molecule has 1 atom stereocenters. The molecule has 2 heteroatoms. The number of nitrogens with one attached hydrogen (secondary N) is 1. The van der Waals surface area contributed by atoms with Gasteiger partial charge < -0.3 is 5.32 Å². The van der Waals surface area contributed by atoms with E-state index in [-0.39, 0.29) is 0 Å². The molecule has 0 fully saturated rings. The fourth-order valence-electron chi connectivity index (χ4n) is 2.81. The number of halogens is 1. The van der Waals surface area contributed by atoms with E-state index in [0.29, 0.717) is 12.0 Å². The number of rotatable bonds is 7. The van der Waals surface area contributed by atoms with Gasteiger partial charge >= 0.3 is 0 Å². The van der Waals surface area contributed by atoms with Crippen LogP contribution in [0.1, 0.15) is 43.9 Å². The van der Waals surface area contributed by atoms with Gasteiger partial charge in [-0.1, -0.05) is 80.8 Å². The number of hydrogen-bond acceptors (Lipinski definition) is 1. The third kappa shape index (κ3) is 4.59. The third-order valence-corrected chi connectivity index (χ3v) is 4.37. The molecule has 0 saturated carbocycles. The van der Waals surface area contributed by atoms with Gasteiger partial charge in [0.1, 0.15) is 0 Å². The van der Waals surface area contributed by atoms with Crippen LogP contribution in [-0.2, 0) is 6.54 Å². The summed E-state index contributed by atoms with van der Waals surface area (Å²) < 4.78 is 0. The van der Waals surface area contributed by atoms with Crippen LogP contribution in [0, 0.1) is 5.92 Å².